The van der Waals surface area contributed by atoms with Gasteiger partial charge in [0.25, 0.3) is 0 Å². The second-order valence-electron chi connectivity index (χ2n) is 3.79. The average Bonchev–Trinajstić information content (AvgIpc) is 2.30. The minimum atomic E-state index is 0.593. The van der Waals surface area contributed by atoms with Crippen LogP contribution in [0.15, 0.2) is 60.3 Å². The van der Waals surface area contributed by atoms with Crippen molar-refractivity contribution in [2.45, 2.75) is 19.3 Å². The van der Waals surface area contributed by atoms with Crippen LogP contribution in [0.1, 0.15) is 19.3 Å². The Morgan fingerprint density at radius 1 is 1.21 bits per heavy atom. The molecule has 0 amide bonds. The molecule has 0 saturated carbocycles. The van der Waals surface area contributed by atoms with Crippen LogP contribution < -0.4 is 0 Å². The lowest BCUT2D eigenvalue weighted by molar-refractivity contribution is 0.767. The predicted octanol–water partition coefficient (Wildman–Crippen LogP) is 3.95. The Labute approximate surface area is 86.0 Å². The molecule has 0 bridgehead atoms. The summed E-state index contributed by atoms with van der Waals surface area (Å²) in [5.74, 6) is 0.593. The molecule has 2 rings (SSSR count). The average molecular weight is 184 g/mol. The second kappa shape index (κ2) is 4.28. The molecule has 0 N–H and O–H groups in total. The predicted molar refractivity (Wildman–Crippen MR) is 62.0 cm³/mol. The minimum absolute atomic E-state index is 0.593. The van der Waals surface area contributed by atoms with Crippen molar-refractivity contribution >= 4 is 0 Å². The van der Waals surface area contributed by atoms with Gasteiger partial charge >= 0.3 is 0 Å². The van der Waals surface area contributed by atoms with Gasteiger partial charge in [-0.05, 0) is 30.4 Å². The van der Waals surface area contributed by atoms with Gasteiger partial charge in [-0.25, -0.2) is 0 Å². The lowest BCUT2D eigenvalue weighted by Gasteiger charge is -2.18. The first-order valence-electron chi connectivity index (χ1n) is 5.27. The van der Waals surface area contributed by atoms with Crippen LogP contribution in [0.2, 0.25) is 0 Å². The third kappa shape index (κ3) is 1.95. The van der Waals surface area contributed by atoms with E-state index in [0.29, 0.717) is 5.92 Å². The number of hydrogen-bond acceptors (Lipinski definition) is 0. The van der Waals surface area contributed by atoms with Gasteiger partial charge in [0, 0.05) is 5.92 Å². The summed E-state index contributed by atoms with van der Waals surface area (Å²) < 4.78 is 0. The molecule has 2 aliphatic carbocycles. The van der Waals surface area contributed by atoms with Gasteiger partial charge in [-0.2, -0.15) is 0 Å². The van der Waals surface area contributed by atoms with Crippen molar-refractivity contribution in [1.29, 1.82) is 0 Å². The summed E-state index contributed by atoms with van der Waals surface area (Å²) >= 11 is 0. The van der Waals surface area contributed by atoms with E-state index in [2.05, 4.69) is 43.0 Å². The minimum Gasteiger partial charge on any atom is -0.0985 e. The fourth-order valence-corrected chi connectivity index (χ4v) is 1.94. The van der Waals surface area contributed by atoms with E-state index in [4.69, 9.17) is 0 Å². The van der Waals surface area contributed by atoms with Crippen LogP contribution in [-0.4, -0.2) is 0 Å². The fraction of sp³-hybridized carbons (Fsp3) is 0.286. The van der Waals surface area contributed by atoms with Crippen LogP contribution in [0.3, 0.4) is 0 Å². The molecule has 1 unspecified atom stereocenters. The Kier molecular flexibility index (Phi) is 2.83. The summed E-state index contributed by atoms with van der Waals surface area (Å²) in [7, 11) is 0. The highest BCUT2D eigenvalue weighted by Crippen LogP contribution is 2.27. The van der Waals surface area contributed by atoms with Crippen molar-refractivity contribution in [3.63, 3.8) is 0 Å². The molecule has 72 valence electrons. The summed E-state index contributed by atoms with van der Waals surface area (Å²) in [6.45, 7) is 3.77. The molecule has 2 aliphatic rings. The highest BCUT2D eigenvalue weighted by atomic mass is 14.2. The molecule has 0 aromatic heterocycles. The molecule has 0 aromatic rings. The van der Waals surface area contributed by atoms with Crippen molar-refractivity contribution in [2.75, 3.05) is 0 Å². The van der Waals surface area contributed by atoms with Crippen LogP contribution in [0.5, 0.6) is 0 Å². The van der Waals surface area contributed by atoms with Gasteiger partial charge in [0.2, 0.25) is 0 Å². The number of allylic oxidation sites excluding steroid dienone is 9. The summed E-state index contributed by atoms with van der Waals surface area (Å²) in [4.78, 5) is 0. The highest BCUT2D eigenvalue weighted by molar-refractivity contribution is 5.38. The maximum absolute atomic E-state index is 3.77. The zero-order valence-corrected chi connectivity index (χ0v) is 8.45. The monoisotopic (exact) mass is 184 g/mol. The molecule has 0 fully saturated rings. The van der Waals surface area contributed by atoms with Crippen LogP contribution in [0, 0.1) is 5.92 Å². The lowest BCUT2D eigenvalue weighted by Crippen LogP contribution is -2.03. The molecule has 0 heteroatoms. The van der Waals surface area contributed by atoms with E-state index in [1.807, 2.05) is 6.08 Å². The largest absolute Gasteiger partial charge is 0.0985 e. The van der Waals surface area contributed by atoms with Crippen LogP contribution in [-0.2, 0) is 0 Å². The van der Waals surface area contributed by atoms with Crippen molar-refractivity contribution in [2.24, 2.45) is 5.92 Å². The fourth-order valence-electron chi connectivity index (χ4n) is 1.94. The van der Waals surface area contributed by atoms with E-state index in [0.717, 1.165) is 6.42 Å². The zero-order valence-electron chi connectivity index (χ0n) is 8.45. The maximum Gasteiger partial charge on any atom is 0.00528 e. The summed E-state index contributed by atoms with van der Waals surface area (Å²) in [6, 6.07) is 0. The molecular weight excluding hydrogens is 168 g/mol. The van der Waals surface area contributed by atoms with E-state index in [9.17, 15) is 0 Å². The quantitative estimate of drug-likeness (QED) is 0.609. The molecule has 0 spiro atoms. The van der Waals surface area contributed by atoms with Crippen LogP contribution in [0.4, 0.5) is 0 Å². The van der Waals surface area contributed by atoms with E-state index in [-0.39, 0.29) is 0 Å². The maximum atomic E-state index is 3.77. The Bertz CT molecular complexity index is 337. The van der Waals surface area contributed by atoms with E-state index >= 15 is 0 Å². The van der Waals surface area contributed by atoms with E-state index < -0.39 is 0 Å². The SMILES string of the molecule is C=CC1=CCC(C2=CCCC=C2)C=C1. The van der Waals surface area contributed by atoms with Gasteiger partial charge in [0.15, 0.2) is 0 Å². The standard InChI is InChI=1S/C14H16/c1-2-12-8-10-14(11-9-12)13-6-4-3-5-7-13/h2,4,6-10,14H,1,3,5,11H2. The lowest BCUT2D eigenvalue weighted by atomic mass is 9.87. The van der Waals surface area contributed by atoms with E-state index in [1.165, 1.54) is 24.0 Å². The molecule has 0 aromatic carbocycles. The van der Waals surface area contributed by atoms with Gasteiger partial charge in [0.05, 0.1) is 0 Å². The first kappa shape index (κ1) is 9.26. The zero-order chi connectivity index (χ0) is 9.80. The highest BCUT2D eigenvalue weighted by Gasteiger charge is 2.11. The summed E-state index contributed by atoms with van der Waals surface area (Å²) in [5, 5.41) is 0. The third-order valence-corrected chi connectivity index (χ3v) is 2.82. The van der Waals surface area contributed by atoms with Crippen molar-refractivity contribution in [1.82, 2.24) is 0 Å². The van der Waals surface area contributed by atoms with Crippen molar-refractivity contribution in [3.8, 4) is 0 Å². The normalized spacial score (nSPS) is 25.6. The third-order valence-electron chi connectivity index (χ3n) is 2.82. The molecule has 14 heavy (non-hydrogen) atoms. The second-order valence-corrected chi connectivity index (χ2v) is 3.79. The number of rotatable bonds is 2. The number of hydrogen-bond donors (Lipinski definition) is 0. The molecular formula is C14H16. The van der Waals surface area contributed by atoms with Gasteiger partial charge in [-0.1, -0.05) is 49.1 Å². The topological polar surface area (TPSA) is 0 Å². The van der Waals surface area contributed by atoms with Crippen molar-refractivity contribution < 1.29 is 0 Å². The first-order valence-corrected chi connectivity index (χ1v) is 5.27. The smallest absolute Gasteiger partial charge is 0.00528 e. The van der Waals surface area contributed by atoms with Gasteiger partial charge < -0.3 is 0 Å². The van der Waals surface area contributed by atoms with Gasteiger partial charge in [-0.3, -0.25) is 0 Å². The Hall–Kier alpha value is -1.30. The molecule has 0 radical (unpaired) electrons. The molecule has 0 aliphatic heterocycles. The Morgan fingerprint density at radius 3 is 2.71 bits per heavy atom. The Balaban J connectivity index is 2.06. The molecule has 0 heterocycles. The first-order chi connectivity index (χ1) is 6.90. The van der Waals surface area contributed by atoms with Gasteiger partial charge in [-0.15, -0.1) is 0 Å². The van der Waals surface area contributed by atoms with Crippen LogP contribution in [0.25, 0.3) is 0 Å². The van der Waals surface area contributed by atoms with Gasteiger partial charge in [0.1, 0.15) is 0 Å². The van der Waals surface area contributed by atoms with Crippen LogP contribution >= 0.6 is 0 Å². The van der Waals surface area contributed by atoms with E-state index in [1.54, 1.807) is 0 Å². The molecule has 0 saturated heterocycles. The summed E-state index contributed by atoms with van der Waals surface area (Å²) in [5.41, 5.74) is 2.73. The molecule has 1 atom stereocenters. The van der Waals surface area contributed by atoms with Crippen molar-refractivity contribution in [3.05, 3.63) is 60.3 Å². The Morgan fingerprint density at radius 2 is 2.14 bits per heavy atom. The molecule has 0 nitrogen and oxygen atoms in total. The summed E-state index contributed by atoms with van der Waals surface area (Å²) in [6.07, 6.45) is 19.1.